The largest absolute Gasteiger partial charge is 0.311 e. The molecule has 0 aromatic carbocycles. The highest BCUT2D eigenvalue weighted by Crippen LogP contribution is 2.08. The van der Waals surface area contributed by atoms with Gasteiger partial charge in [-0.2, -0.15) is 0 Å². The van der Waals surface area contributed by atoms with E-state index in [0.717, 1.165) is 43.7 Å². The van der Waals surface area contributed by atoms with Gasteiger partial charge in [0.2, 0.25) is 0 Å². The molecule has 4 nitrogen and oxygen atoms in total. The Hall–Kier alpha value is -1.16. The van der Waals surface area contributed by atoms with E-state index in [1.807, 2.05) is 0 Å². The third-order valence-electron chi connectivity index (χ3n) is 3.82. The third-order valence-corrected chi connectivity index (χ3v) is 3.82. The molecule has 19 heavy (non-hydrogen) atoms. The van der Waals surface area contributed by atoms with Crippen LogP contribution in [0.15, 0.2) is 11.1 Å². The number of nitrogens with zero attached hydrogens (tertiary/aromatic N) is 2. The van der Waals surface area contributed by atoms with Crippen LogP contribution in [0.25, 0.3) is 0 Å². The van der Waals surface area contributed by atoms with Gasteiger partial charge >= 0.3 is 0 Å². The summed E-state index contributed by atoms with van der Waals surface area (Å²) in [4.78, 5) is 16.7. The molecule has 0 spiro atoms. The zero-order chi connectivity index (χ0) is 13.5. The van der Waals surface area contributed by atoms with E-state index in [4.69, 9.17) is 0 Å². The summed E-state index contributed by atoms with van der Waals surface area (Å²) >= 11 is 0. The van der Waals surface area contributed by atoms with Crippen molar-refractivity contribution >= 4 is 0 Å². The standard InChI is InChI=1S/C15H25N3O/c1-2-3-4-5-6-7-10-18-12-17-14-11-16-9-8-13(14)15(18)19/h12,16H,2-11H2,1H3. The third kappa shape index (κ3) is 3.90. The second-order valence-corrected chi connectivity index (χ2v) is 5.36. The Labute approximate surface area is 115 Å². The van der Waals surface area contributed by atoms with Gasteiger partial charge < -0.3 is 5.32 Å². The molecule has 0 unspecified atom stereocenters. The Bertz CT molecular complexity index is 453. The lowest BCUT2D eigenvalue weighted by atomic mass is 10.1. The fraction of sp³-hybridized carbons (Fsp3) is 0.733. The van der Waals surface area contributed by atoms with Crippen molar-refractivity contribution in [2.45, 2.75) is 65.0 Å². The van der Waals surface area contributed by atoms with Crippen LogP contribution in [0.4, 0.5) is 0 Å². The lowest BCUT2D eigenvalue weighted by Crippen LogP contribution is -2.34. The topological polar surface area (TPSA) is 46.9 Å². The van der Waals surface area contributed by atoms with Crippen LogP contribution in [0, 0.1) is 0 Å². The van der Waals surface area contributed by atoms with Crippen molar-refractivity contribution in [1.82, 2.24) is 14.9 Å². The molecule has 0 saturated heterocycles. The summed E-state index contributed by atoms with van der Waals surface area (Å²) in [5.74, 6) is 0. The molecule has 1 aliphatic heterocycles. The van der Waals surface area contributed by atoms with E-state index in [0.29, 0.717) is 0 Å². The van der Waals surface area contributed by atoms with Crippen LogP contribution in [0.3, 0.4) is 0 Å². The number of fused-ring (bicyclic) bond motifs is 1. The Morgan fingerprint density at radius 2 is 2.05 bits per heavy atom. The van der Waals surface area contributed by atoms with Crippen molar-refractivity contribution in [3.63, 3.8) is 0 Å². The summed E-state index contributed by atoms with van der Waals surface area (Å²) < 4.78 is 1.80. The molecule has 4 heteroatoms. The maximum Gasteiger partial charge on any atom is 0.256 e. The number of aryl methyl sites for hydroxylation is 1. The van der Waals surface area contributed by atoms with Gasteiger partial charge in [-0.05, 0) is 19.4 Å². The number of hydrogen-bond donors (Lipinski definition) is 1. The second kappa shape index (κ2) is 7.43. The van der Waals surface area contributed by atoms with Crippen molar-refractivity contribution in [2.75, 3.05) is 6.54 Å². The smallest absolute Gasteiger partial charge is 0.256 e. The molecule has 1 aromatic heterocycles. The van der Waals surface area contributed by atoms with E-state index >= 15 is 0 Å². The van der Waals surface area contributed by atoms with Crippen LogP contribution < -0.4 is 10.9 Å². The van der Waals surface area contributed by atoms with E-state index < -0.39 is 0 Å². The lowest BCUT2D eigenvalue weighted by Gasteiger charge is -2.16. The fourth-order valence-corrected chi connectivity index (χ4v) is 2.61. The predicted molar refractivity (Wildman–Crippen MR) is 77.3 cm³/mol. The molecule has 0 aliphatic carbocycles. The highest BCUT2D eigenvalue weighted by atomic mass is 16.1. The van der Waals surface area contributed by atoms with Gasteiger partial charge in [0.25, 0.3) is 5.56 Å². The normalized spacial score (nSPS) is 14.4. The predicted octanol–water partition coefficient (Wildman–Crippen LogP) is 2.25. The number of rotatable bonds is 7. The number of aromatic nitrogens is 2. The first-order valence-electron chi connectivity index (χ1n) is 7.61. The van der Waals surface area contributed by atoms with E-state index in [-0.39, 0.29) is 5.56 Å². The Morgan fingerprint density at radius 1 is 1.26 bits per heavy atom. The van der Waals surface area contributed by atoms with Crippen molar-refractivity contribution in [3.05, 3.63) is 27.9 Å². The molecule has 1 N–H and O–H groups in total. The van der Waals surface area contributed by atoms with Crippen LogP contribution in [0.5, 0.6) is 0 Å². The molecule has 0 saturated carbocycles. The molecule has 0 atom stereocenters. The highest BCUT2D eigenvalue weighted by Gasteiger charge is 2.14. The Balaban J connectivity index is 1.85. The molecular weight excluding hydrogens is 238 g/mol. The number of unbranched alkanes of at least 4 members (excludes halogenated alkanes) is 5. The lowest BCUT2D eigenvalue weighted by molar-refractivity contribution is 0.530. The van der Waals surface area contributed by atoms with Crippen molar-refractivity contribution in [2.24, 2.45) is 0 Å². The Kier molecular flexibility index (Phi) is 5.58. The molecule has 2 heterocycles. The van der Waals surface area contributed by atoms with Crippen molar-refractivity contribution in [1.29, 1.82) is 0 Å². The van der Waals surface area contributed by atoms with E-state index in [1.54, 1.807) is 10.9 Å². The van der Waals surface area contributed by atoms with Gasteiger partial charge in [-0.3, -0.25) is 9.36 Å². The van der Waals surface area contributed by atoms with Crippen molar-refractivity contribution in [3.8, 4) is 0 Å². The summed E-state index contributed by atoms with van der Waals surface area (Å²) in [7, 11) is 0. The van der Waals surface area contributed by atoms with E-state index in [1.165, 1.54) is 32.1 Å². The van der Waals surface area contributed by atoms with Gasteiger partial charge in [0.15, 0.2) is 0 Å². The summed E-state index contributed by atoms with van der Waals surface area (Å²) in [5.41, 5.74) is 2.04. The zero-order valence-corrected chi connectivity index (χ0v) is 12.0. The highest BCUT2D eigenvalue weighted by molar-refractivity contribution is 5.19. The summed E-state index contributed by atoms with van der Waals surface area (Å²) in [5, 5.41) is 3.25. The fourth-order valence-electron chi connectivity index (χ4n) is 2.61. The minimum absolute atomic E-state index is 0.181. The first-order chi connectivity index (χ1) is 9.33. The molecule has 106 valence electrons. The molecular formula is C15H25N3O. The molecule has 2 rings (SSSR count). The average molecular weight is 263 g/mol. The minimum atomic E-state index is 0.181. The van der Waals surface area contributed by atoms with Gasteiger partial charge in [0.1, 0.15) is 0 Å². The van der Waals surface area contributed by atoms with Crippen LogP contribution >= 0.6 is 0 Å². The first kappa shape index (κ1) is 14.3. The molecule has 0 amide bonds. The van der Waals surface area contributed by atoms with E-state index in [2.05, 4.69) is 17.2 Å². The summed E-state index contributed by atoms with van der Waals surface area (Å²) in [6, 6.07) is 0. The Morgan fingerprint density at radius 3 is 2.89 bits per heavy atom. The van der Waals surface area contributed by atoms with Crippen molar-refractivity contribution < 1.29 is 0 Å². The molecule has 1 aromatic rings. The molecule has 0 bridgehead atoms. The first-order valence-corrected chi connectivity index (χ1v) is 7.61. The molecule has 0 radical (unpaired) electrons. The van der Waals surface area contributed by atoms with Gasteiger partial charge in [-0.25, -0.2) is 4.98 Å². The zero-order valence-electron chi connectivity index (χ0n) is 12.0. The van der Waals surface area contributed by atoms with Gasteiger partial charge in [0, 0.05) is 18.7 Å². The van der Waals surface area contributed by atoms with Crippen LogP contribution in [0.1, 0.15) is 56.7 Å². The number of hydrogen-bond acceptors (Lipinski definition) is 3. The van der Waals surface area contributed by atoms with Gasteiger partial charge in [-0.1, -0.05) is 39.0 Å². The van der Waals surface area contributed by atoms with Gasteiger partial charge in [-0.15, -0.1) is 0 Å². The van der Waals surface area contributed by atoms with Crippen LogP contribution in [-0.2, 0) is 19.5 Å². The second-order valence-electron chi connectivity index (χ2n) is 5.36. The average Bonchev–Trinajstić information content (AvgIpc) is 2.45. The SMILES string of the molecule is CCCCCCCCn1cnc2c(c1=O)CCNC2. The van der Waals surface area contributed by atoms with Crippen LogP contribution in [0.2, 0.25) is 0 Å². The molecule has 0 fully saturated rings. The number of nitrogens with one attached hydrogen (secondary N) is 1. The monoisotopic (exact) mass is 263 g/mol. The van der Waals surface area contributed by atoms with E-state index in [9.17, 15) is 4.79 Å². The maximum atomic E-state index is 12.3. The summed E-state index contributed by atoms with van der Waals surface area (Å²) in [6.07, 6.45) is 10.0. The molecule has 1 aliphatic rings. The minimum Gasteiger partial charge on any atom is -0.311 e. The quantitative estimate of drug-likeness (QED) is 0.768. The van der Waals surface area contributed by atoms with Gasteiger partial charge in [0.05, 0.1) is 12.0 Å². The summed E-state index contributed by atoms with van der Waals surface area (Å²) in [6.45, 7) is 4.68. The maximum absolute atomic E-state index is 12.3. The van der Waals surface area contributed by atoms with Crippen LogP contribution in [-0.4, -0.2) is 16.1 Å².